The van der Waals surface area contributed by atoms with E-state index in [1.165, 1.54) is 12.1 Å². The van der Waals surface area contributed by atoms with Crippen LogP contribution in [0.4, 0.5) is 4.39 Å². The van der Waals surface area contributed by atoms with E-state index >= 15 is 0 Å². The SMILES string of the molecule is OCc1cnc(SCCC2OCCO2)n1Cc1ccc(F)cc1. The van der Waals surface area contributed by atoms with Gasteiger partial charge in [-0.05, 0) is 17.7 Å². The largest absolute Gasteiger partial charge is 0.390 e. The van der Waals surface area contributed by atoms with E-state index in [9.17, 15) is 9.50 Å². The maximum absolute atomic E-state index is 13.0. The van der Waals surface area contributed by atoms with Gasteiger partial charge in [-0.3, -0.25) is 0 Å². The summed E-state index contributed by atoms with van der Waals surface area (Å²) >= 11 is 1.60. The van der Waals surface area contributed by atoms with Gasteiger partial charge >= 0.3 is 0 Å². The number of benzene rings is 1. The van der Waals surface area contributed by atoms with Crippen molar-refractivity contribution in [3.05, 3.63) is 47.5 Å². The van der Waals surface area contributed by atoms with Crippen LogP contribution in [-0.4, -0.2) is 39.9 Å². The molecule has 1 aliphatic rings. The molecule has 2 aromatic rings. The van der Waals surface area contributed by atoms with Crippen LogP contribution in [0.15, 0.2) is 35.6 Å². The molecule has 1 N–H and O–H groups in total. The highest BCUT2D eigenvalue weighted by atomic mass is 32.2. The molecule has 124 valence electrons. The third-order valence-electron chi connectivity index (χ3n) is 3.59. The molecule has 0 atom stereocenters. The van der Waals surface area contributed by atoms with Gasteiger partial charge in [0.25, 0.3) is 0 Å². The first-order valence-electron chi connectivity index (χ1n) is 7.52. The summed E-state index contributed by atoms with van der Waals surface area (Å²) in [4.78, 5) is 4.38. The van der Waals surface area contributed by atoms with E-state index < -0.39 is 0 Å². The number of aliphatic hydroxyl groups is 1. The molecule has 23 heavy (non-hydrogen) atoms. The van der Waals surface area contributed by atoms with Crippen LogP contribution in [0.5, 0.6) is 0 Å². The molecule has 5 nitrogen and oxygen atoms in total. The molecule has 0 bridgehead atoms. The van der Waals surface area contributed by atoms with Crippen LogP contribution in [0, 0.1) is 5.82 Å². The molecule has 0 radical (unpaired) electrons. The Hall–Kier alpha value is -1.41. The van der Waals surface area contributed by atoms with Crippen molar-refractivity contribution in [3.8, 4) is 0 Å². The number of hydrogen-bond donors (Lipinski definition) is 1. The molecule has 1 aliphatic heterocycles. The number of thioether (sulfide) groups is 1. The van der Waals surface area contributed by atoms with E-state index in [0.717, 1.165) is 28.6 Å². The molecular weight excluding hydrogens is 319 g/mol. The van der Waals surface area contributed by atoms with Gasteiger partial charge in [0.2, 0.25) is 0 Å². The summed E-state index contributed by atoms with van der Waals surface area (Å²) in [6.07, 6.45) is 2.34. The fraction of sp³-hybridized carbons (Fsp3) is 0.438. The summed E-state index contributed by atoms with van der Waals surface area (Å²) in [5.41, 5.74) is 1.70. The van der Waals surface area contributed by atoms with E-state index in [2.05, 4.69) is 4.98 Å². The van der Waals surface area contributed by atoms with Crippen LogP contribution in [-0.2, 0) is 22.6 Å². The Bertz CT molecular complexity index is 627. The summed E-state index contributed by atoms with van der Waals surface area (Å²) in [6, 6.07) is 6.36. The topological polar surface area (TPSA) is 56.5 Å². The molecule has 0 amide bonds. The predicted molar refractivity (Wildman–Crippen MR) is 84.7 cm³/mol. The number of aliphatic hydroxyl groups excluding tert-OH is 1. The number of aromatic nitrogens is 2. The third-order valence-corrected chi connectivity index (χ3v) is 4.62. The Kier molecular flexibility index (Phi) is 5.66. The number of hydrogen-bond acceptors (Lipinski definition) is 5. The van der Waals surface area contributed by atoms with Gasteiger partial charge in [-0.25, -0.2) is 9.37 Å². The quantitative estimate of drug-likeness (QED) is 0.786. The molecular formula is C16H19FN2O3S. The zero-order valence-corrected chi connectivity index (χ0v) is 13.5. The van der Waals surface area contributed by atoms with Crippen molar-refractivity contribution >= 4 is 11.8 Å². The lowest BCUT2D eigenvalue weighted by molar-refractivity contribution is -0.0421. The van der Waals surface area contributed by atoms with Gasteiger partial charge in [-0.2, -0.15) is 0 Å². The van der Waals surface area contributed by atoms with E-state index in [1.807, 2.05) is 4.57 Å². The molecule has 3 rings (SSSR count). The van der Waals surface area contributed by atoms with Gasteiger partial charge in [-0.1, -0.05) is 23.9 Å². The van der Waals surface area contributed by atoms with Crippen LogP contribution in [0.2, 0.25) is 0 Å². The second-order valence-electron chi connectivity index (χ2n) is 5.21. The number of halogens is 1. The van der Waals surface area contributed by atoms with Gasteiger partial charge < -0.3 is 19.1 Å². The Balaban J connectivity index is 1.65. The fourth-order valence-corrected chi connectivity index (χ4v) is 3.35. The normalized spacial score (nSPS) is 15.4. The highest BCUT2D eigenvalue weighted by Crippen LogP contribution is 2.23. The summed E-state index contributed by atoms with van der Waals surface area (Å²) < 4.78 is 25.8. The predicted octanol–water partition coefficient (Wildman–Crippen LogP) is 2.42. The highest BCUT2D eigenvalue weighted by Gasteiger charge is 2.17. The first-order chi connectivity index (χ1) is 11.3. The Morgan fingerprint density at radius 3 is 2.70 bits per heavy atom. The molecule has 0 spiro atoms. The zero-order chi connectivity index (χ0) is 16.1. The summed E-state index contributed by atoms with van der Waals surface area (Å²) in [5.74, 6) is 0.559. The maximum atomic E-state index is 13.0. The van der Waals surface area contributed by atoms with Crippen LogP contribution < -0.4 is 0 Å². The second-order valence-corrected chi connectivity index (χ2v) is 6.27. The van der Waals surface area contributed by atoms with Gasteiger partial charge in [0, 0.05) is 18.7 Å². The lowest BCUT2D eigenvalue weighted by atomic mass is 10.2. The van der Waals surface area contributed by atoms with Crippen molar-refractivity contribution in [2.75, 3.05) is 19.0 Å². The van der Waals surface area contributed by atoms with Crippen molar-refractivity contribution in [3.63, 3.8) is 0 Å². The van der Waals surface area contributed by atoms with Crippen molar-refractivity contribution in [2.24, 2.45) is 0 Å². The van der Waals surface area contributed by atoms with E-state index in [4.69, 9.17) is 9.47 Å². The first kappa shape index (κ1) is 16.4. The van der Waals surface area contributed by atoms with E-state index in [0.29, 0.717) is 19.8 Å². The van der Waals surface area contributed by atoms with Crippen LogP contribution in [0.1, 0.15) is 17.7 Å². The minimum absolute atomic E-state index is 0.0798. The fourth-order valence-electron chi connectivity index (χ4n) is 2.40. The molecule has 0 aliphatic carbocycles. The maximum Gasteiger partial charge on any atom is 0.168 e. The number of rotatable bonds is 7. The molecule has 2 heterocycles. The molecule has 1 fully saturated rings. The minimum Gasteiger partial charge on any atom is -0.390 e. The summed E-state index contributed by atoms with van der Waals surface area (Å²) in [7, 11) is 0. The Morgan fingerprint density at radius 1 is 1.26 bits per heavy atom. The average Bonchev–Trinajstić information content (AvgIpc) is 3.20. The highest BCUT2D eigenvalue weighted by molar-refractivity contribution is 7.99. The summed E-state index contributed by atoms with van der Waals surface area (Å²) in [5, 5.41) is 10.3. The van der Waals surface area contributed by atoms with Crippen molar-refractivity contribution in [1.29, 1.82) is 0 Å². The molecule has 1 aromatic carbocycles. The van der Waals surface area contributed by atoms with Gasteiger partial charge in [0.15, 0.2) is 11.4 Å². The molecule has 1 aromatic heterocycles. The smallest absolute Gasteiger partial charge is 0.168 e. The van der Waals surface area contributed by atoms with E-state index in [1.54, 1.807) is 30.1 Å². The molecule has 7 heteroatoms. The van der Waals surface area contributed by atoms with Gasteiger partial charge in [-0.15, -0.1) is 0 Å². The van der Waals surface area contributed by atoms with Crippen molar-refractivity contribution in [1.82, 2.24) is 9.55 Å². The van der Waals surface area contributed by atoms with Crippen molar-refractivity contribution < 1.29 is 19.0 Å². The second kappa shape index (κ2) is 7.92. The monoisotopic (exact) mass is 338 g/mol. The standard InChI is InChI=1S/C16H19FN2O3S/c17-13-3-1-12(2-4-13)10-19-14(11-20)9-18-16(19)23-8-5-15-21-6-7-22-15/h1-4,9,15,20H,5-8,10-11H2. The van der Waals surface area contributed by atoms with Gasteiger partial charge in [0.05, 0.1) is 31.7 Å². The zero-order valence-electron chi connectivity index (χ0n) is 12.7. The number of ether oxygens (including phenoxy) is 2. The molecule has 1 saturated heterocycles. The van der Waals surface area contributed by atoms with Crippen LogP contribution in [0.3, 0.4) is 0 Å². The third kappa shape index (κ3) is 4.32. The Morgan fingerprint density at radius 2 is 2.00 bits per heavy atom. The number of nitrogens with zero attached hydrogens (tertiary/aromatic N) is 2. The first-order valence-corrected chi connectivity index (χ1v) is 8.50. The van der Waals surface area contributed by atoms with Crippen molar-refractivity contribution in [2.45, 2.75) is 31.0 Å². The molecule has 0 saturated carbocycles. The minimum atomic E-state index is -0.257. The lowest BCUT2D eigenvalue weighted by Crippen LogP contribution is -2.10. The molecule has 0 unspecified atom stereocenters. The van der Waals surface area contributed by atoms with Crippen LogP contribution in [0.25, 0.3) is 0 Å². The lowest BCUT2D eigenvalue weighted by Gasteiger charge is -2.12. The van der Waals surface area contributed by atoms with E-state index in [-0.39, 0.29) is 18.7 Å². The van der Waals surface area contributed by atoms with Crippen LogP contribution >= 0.6 is 11.8 Å². The Labute approximate surface area is 138 Å². The summed E-state index contributed by atoms with van der Waals surface area (Å²) in [6.45, 7) is 1.78. The number of imidazole rings is 1. The average molecular weight is 338 g/mol. The van der Waals surface area contributed by atoms with Gasteiger partial charge in [0.1, 0.15) is 5.82 Å².